The SMILES string of the molecule is CC1(C)SCC1NC(=O)C(F)(F)Br. The summed E-state index contributed by atoms with van der Waals surface area (Å²) in [6.07, 6.45) is 0. The highest BCUT2D eigenvalue weighted by molar-refractivity contribution is 9.10. The van der Waals surface area contributed by atoms with Crippen LogP contribution in [-0.4, -0.2) is 27.3 Å². The van der Waals surface area contributed by atoms with Crippen LogP contribution < -0.4 is 5.32 Å². The van der Waals surface area contributed by atoms with Gasteiger partial charge in [0.1, 0.15) is 0 Å². The fourth-order valence-corrected chi connectivity index (χ4v) is 2.21. The molecule has 1 amide bonds. The third-order valence-electron chi connectivity index (χ3n) is 2.02. The van der Waals surface area contributed by atoms with Gasteiger partial charge in [0, 0.05) is 26.4 Å². The minimum Gasteiger partial charge on any atom is -0.345 e. The highest BCUT2D eigenvalue weighted by Gasteiger charge is 2.44. The van der Waals surface area contributed by atoms with Gasteiger partial charge < -0.3 is 5.32 Å². The Bertz CT molecular complexity index is 229. The topological polar surface area (TPSA) is 29.1 Å². The number of amides is 1. The lowest BCUT2D eigenvalue weighted by Crippen LogP contribution is -2.58. The monoisotopic (exact) mass is 273 g/mol. The number of carbonyl (C=O) groups excluding carboxylic acids is 1. The summed E-state index contributed by atoms with van der Waals surface area (Å²) >= 11 is 3.66. The molecular formula is C7H10BrF2NOS. The Morgan fingerprint density at radius 3 is 2.46 bits per heavy atom. The number of halogens is 3. The van der Waals surface area contributed by atoms with Crippen LogP contribution in [0.5, 0.6) is 0 Å². The van der Waals surface area contributed by atoms with E-state index in [0.717, 1.165) is 0 Å². The van der Waals surface area contributed by atoms with Gasteiger partial charge in [0.25, 0.3) is 0 Å². The number of thioether (sulfide) groups is 1. The molecule has 1 fully saturated rings. The first-order chi connectivity index (χ1) is 5.73. The molecule has 0 saturated carbocycles. The number of rotatable bonds is 2. The minimum absolute atomic E-state index is 0.131. The Balaban J connectivity index is 2.47. The first-order valence-electron chi connectivity index (χ1n) is 3.75. The van der Waals surface area contributed by atoms with E-state index in [1.54, 1.807) is 11.8 Å². The summed E-state index contributed by atoms with van der Waals surface area (Å²) in [7, 11) is 0. The average molecular weight is 274 g/mol. The molecule has 76 valence electrons. The molecule has 1 rings (SSSR count). The zero-order valence-electron chi connectivity index (χ0n) is 7.23. The highest BCUT2D eigenvalue weighted by Crippen LogP contribution is 2.40. The zero-order chi connectivity index (χ0) is 10.3. The van der Waals surface area contributed by atoms with E-state index in [1.807, 2.05) is 29.8 Å². The molecule has 0 aromatic heterocycles. The molecule has 1 saturated heterocycles. The van der Waals surface area contributed by atoms with Crippen molar-refractivity contribution in [1.29, 1.82) is 0 Å². The van der Waals surface area contributed by atoms with Crippen LogP contribution in [0.25, 0.3) is 0 Å². The fourth-order valence-electron chi connectivity index (χ4n) is 0.956. The van der Waals surface area contributed by atoms with E-state index in [9.17, 15) is 13.6 Å². The number of hydrogen-bond donors (Lipinski definition) is 1. The Hall–Kier alpha value is 0.160. The van der Waals surface area contributed by atoms with Crippen LogP contribution in [0.1, 0.15) is 13.8 Å². The van der Waals surface area contributed by atoms with E-state index < -0.39 is 10.7 Å². The molecule has 0 spiro atoms. The molecule has 0 aromatic rings. The van der Waals surface area contributed by atoms with Crippen molar-refractivity contribution in [2.24, 2.45) is 0 Å². The van der Waals surface area contributed by atoms with Gasteiger partial charge in [-0.3, -0.25) is 4.79 Å². The summed E-state index contributed by atoms with van der Waals surface area (Å²) < 4.78 is 24.6. The predicted molar refractivity (Wildman–Crippen MR) is 52.3 cm³/mol. The van der Waals surface area contributed by atoms with Gasteiger partial charge >= 0.3 is 10.7 Å². The third kappa shape index (κ3) is 2.56. The first kappa shape index (κ1) is 11.2. The standard InChI is InChI=1S/C7H10BrF2NOS/c1-6(2)4(3-13-6)11-5(12)7(8,9)10/h4H,3H2,1-2H3,(H,11,12). The maximum atomic E-state index is 12.4. The quantitative estimate of drug-likeness (QED) is 0.780. The summed E-state index contributed by atoms with van der Waals surface area (Å²) in [6.45, 7) is 3.83. The molecule has 0 aromatic carbocycles. The maximum Gasteiger partial charge on any atom is 0.377 e. The van der Waals surface area contributed by atoms with Gasteiger partial charge in [-0.1, -0.05) is 0 Å². The van der Waals surface area contributed by atoms with Crippen LogP contribution in [-0.2, 0) is 4.79 Å². The fraction of sp³-hybridized carbons (Fsp3) is 0.857. The first-order valence-corrected chi connectivity index (χ1v) is 5.53. The van der Waals surface area contributed by atoms with E-state index in [0.29, 0.717) is 5.75 Å². The molecule has 1 unspecified atom stereocenters. The predicted octanol–water partition coefficient (Wildman–Crippen LogP) is 1.98. The molecule has 1 heterocycles. The van der Waals surface area contributed by atoms with Crippen molar-refractivity contribution in [3.63, 3.8) is 0 Å². The van der Waals surface area contributed by atoms with Crippen LogP contribution in [0.3, 0.4) is 0 Å². The van der Waals surface area contributed by atoms with E-state index in [-0.39, 0.29) is 10.8 Å². The van der Waals surface area contributed by atoms with Crippen molar-refractivity contribution < 1.29 is 13.6 Å². The molecule has 2 nitrogen and oxygen atoms in total. The summed E-state index contributed by atoms with van der Waals surface area (Å²) in [6, 6.07) is -0.159. The molecule has 6 heteroatoms. The number of nitrogens with one attached hydrogen (secondary N) is 1. The van der Waals surface area contributed by atoms with Crippen LogP contribution in [0.2, 0.25) is 0 Å². The normalized spacial score (nSPS) is 26.4. The van der Waals surface area contributed by atoms with Gasteiger partial charge in [0.05, 0.1) is 6.04 Å². The van der Waals surface area contributed by atoms with Crippen LogP contribution in [0, 0.1) is 0 Å². The lowest BCUT2D eigenvalue weighted by molar-refractivity contribution is -0.135. The van der Waals surface area contributed by atoms with Crippen molar-refractivity contribution in [1.82, 2.24) is 5.32 Å². The number of hydrogen-bond acceptors (Lipinski definition) is 2. The third-order valence-corrected chi connectivity index (χ3v) is 3.91. The molecule has 0 radical (unpaired) electrons. The van der Waals surface area contributed by atoms with Crippen LogP contribution in [0.15, 0.2) is 0 Å². The van der Waals surface area contributed by atoms with E-state index in [2.05, 4.69) is 5.32 Å². The molecule has 1 aliphatic heterocycles. The highest BCUT2D eigenvalue weighted by atomic mass is 79.9. The second kappa shape index (κ2) is 3.38. The Kier molecular flexibility index (Phi) is 2.92. The summed E-state index contributed by atoms with van der Waals surface area (Å²) in [5, 5.41) is 2.29. The smallest absolute Gasteiger partial charge is 0.345 e. The number of alkyl halides is 3. The van der Waals surface area contributed by atoms with Gasteiger partial charge in [-0.05, 0) is 13.8 Å². The molecule has 0 bridgehead atoms. The van der Waals surface area contributed by atoms with E-state index in [1.165, 1.54) is 0 Å². The largest absolute Gasteiger partial charge is 0.377 e. The lowest BCUT2D eigenvalue weighted by Gasteiger charge is -2.44. The molecule has 13 heavy (non-hydrogen) atoms. The Morgan fingerprint density at radius 2 is 2.23 bits per heavy atom. The summed E-state index contributed by atoms with van der Waals surface area (Å²) in [4.78, 5) is 7.38. The van der Waals surface area contributed by atoms with Crippen LogP contribution >= 0.6 is 27.7 Å². The lowest BCUT2D eigenvalue weighted by atomic mass is 10.0. The van der Waals surface area contributed by atoms with Crippen molar-refractivity contribution in [3.05, 3.63) is 0 Å². The number of carbonyl (C=O) groups is 1. The average Bonchev–Trinajstić information content (AvgIpc) is 1.96. The van der Waals surface area contributed by atoms with E-state index >= 15 is 0 Å². The molecule has 1 aliphatic rings. The Labute approximate surface area is 88.0 Å². The van der Waals surface area contributed by atoms with Crippen molar-refractivity contribution in [3.8, 4) is 0 Å². The van der Waals surface area contributed by atoms with Crippen molar-refractivity contribution >= 4 is 33.6 Å². The molecular weight excluding hydrogens is 264 g/mol. The van der Waals surface area contributed by atoms with Gasteiger partial charge in [-0.2, -0.15) is 20.5 Å². The second-order valence-electron chi connectivity index (χ2n) is 3.44. The molecule has 1 N–H and O–H groups in total. The van der Waals surface area contributed by atoms with Crippen molar-refractivity contribution in [2.75, 3.05) is 5.75 Å². The summed E-state index contributed by atoms with van der Waals surface area (Å²) in [5.41, 5.74) is 0. The molecule has 0 aliphatic carbocycles. The van der Waals surface area contributed by atoms with Gasteiger partial charge in [-0.15, -0.1) is 0 Å². The Morgan fingerprint density at radius 1 is 1.69 bits per heavy atom. The maximum absolute atomic E-state index is 12.4. The second-order valence-corrected chi connectivity index (χ2v) is 6.11. The van der Waals surface area contributed by atoms with E-state index in [4.69, 9.17) is 0 Å². The van der Waals surface area contributed by atoms with Gasteiger partial charge in [0.15, 0.2) is 0 Å². The minimum atomic E-state index is -3.46. The van der Waals surface area contributed by atoms with Crippen LogP contribution in [0.4, 0.5) is 8.78 Å². The summed E-state index contributed by atoms with van der Waals surface area (Å²) in [5.74, 6) is -0.562. The zero-order valence-corrected chi connectivity index (χ0v) is 9.64. The van der Waals surface area contributed by atoms with Crippen molar-refractivity contribution in [2.45, 2.75) is 29.5 Å². The molecule has 1 atom stereocenters. The van der Waals surface area contributed by atoms with Gasteiger partial charge in [0.2, 0.25) is 0 Å². The van der Waals surface area contributed by atoms with Gasteiger partial charge in [-0.25, -0.2) is 0 Å².